The third kappa shape index (κ3) is 3.77. The molecule has 0 aliphatic rings. The van der Waals surface area contributed by atoms with Crippen LogP contribution in [0.25, 0.3) is 0 Å². The highest BCUT2D eigenvalue weighted by atomic mass is 79.9. The second kappa shape index (κ2) is 6.67. The van der Waals surface area contributed by atoms with Gasteiger partial charge in [-0.25, -0.2) is 0 Å². The Hall–Kier alpha value is 0.240. The van der Waals surface area contributed by atoms with Gasteiger partial charge in [-0.2, -0.15) is 0 Å². The zero-order valence-electron chi connectivity index (χ0n) is 7.97. The molecular formula is C10H14BrCl2N. The highest BCUT2D eigenvalue weighted by molar-refractivity contribution is 9.10. The van der Waals surface area contributed by atoms with Crippen LogP contribution in [0.4, 0.5) is 0 Å². The van der Waals surface area contributed by atoms with E-state index in [2.05, 4.69) is 22.9 Å². The first kappa shape index (κ1) is 14.2. The maximum Gasteiger partial charge on any atom is 0.0417 e. The molecular weight excluding hydrogens is 285 g/mol. The molecule has 0 spiro atoms. The molecule has 0 unspecified atom stereocenters. The second-order valence-electron chi connectivity index (χ2n) is 3.06. The summed E-state index contributed by atoms with van der Waals surface area (Å²) in [6.07, 6.45) is 2.09. The molecule has 0 radical (unpaired) electrons. The summed E-state index contributed by atoms with van der Waals surface area (Å²) in [7, 11) is 0. The molecule has 0 heterocycles. The molecule has 0 aliphatic heterocycles. The van der Waals surface area contributed by atoms with Crippen molar-refractivity contribution in [2.45, 2.75) is 25.8 Å². The van der Waals surface area contributed by atoms with Crippen molar-refractivity contribution in [3.63, 3.8) is 0 Å². The lowest BCUT2D eigenvalue weighted by Crippen LogP contribution is -2.10. The Labute approximate surface area is 105 Å². The Balaban J connectivity index is 0.00000169. The predicted octanol–water partition coefficient (Wildman–Crippen LogP) is 4.32. The minimum Gasteiger partial charge on any atom is -0.324 e. The molecule has 1 nitrogen and oxygen atoms in total. The van der Waals surface area contributed by atoms with Crippen LogP contribution < -0.4 is 5.73 Å². The SMILES string of the molecule is CCC[C@H](N)c1ccc(Cl)cc1Br.Cl. The van der Waals surface area contributed by atoms with E-state index in [0.717, 1.165) is 27.9 Å². The molecule has 0 amide bonds. The summed E-state index contributed by atoms with van der Waals surface area (Å²) in [4.78, 5) is 0. The molecule has 0 aliphatic carbocycles. The fourth-order valence-electron chi connectivity index (χ4n) is 1.27. The Morgan fingerprint density at radius 1 is 1.50 bits per heavy atom. The number of hydrogen-bond acceptors (Lipinski definition) is 1. The Bertz CT molecular complexity index is 291. The van der Waals surface area contributed by atoms with Crippen molar-refractivity contribution >= 4 is 39.9 Å². The molecule has 1 aromatic rings. The normalized spacial score (nSPS) is 12.0. The number of benzene rings is 1. The summed E-state index contributed by atoms with van der Waals surface area (Å²) < 4.78 is 1.00. The predicted molar refractivity (Wildman–Crippen MR) is 68.2 cm³/mol. The fourth-order valence-corrected chi connectivity index (χ4v) is 2.25. The molecule has 2 N–H and O–H groups in total. The zero-order chi connectivity index (χ0) is 9.84. The van der Waals surface area contributed by atoms with Crippen molar-refractivity contribution in [1.29, 1.82) is 0 Å². The van der Waals surface area contributed by atoms with E-state index in [1.54, 1.807) is 0 Å². The smallest absolute Gasteiger partial charge is 0.0417 e. The van der Waals surface area contributed by atoms with Crippen LogP contribution in [0, 0.1) is 0 Å². The van der Waals surface area contributed by atoms with Gasteiger partial charge in [0.1, 0.15) is 0 Å². The maximum absolute atomic E-state index is 5.98. The van der Waals surface area contributed by atoms with Gasteiger partial charge < -0.3 is 5.73 Å². The molecule has 1 atom stereocenters. The minimum atomic E-state index is 0. The van der Waals surface area contributed by atoms with Crippen LogP contribution in [0.1, 0.15) is 31.4 Å². The number of nitrogens with two attached hydrogens (primary N) is 1. The zero-order valence-corrected chi connectivity index (χ0v) is 11.1. The maximum atomic E-state index is 5.98. The lowest BCUT2D eigenvalue weighted by molar-refractivity contribution is 0.636. The highest BCUT2D eigenvalue weighted by Gasteiger charge is 2.08. The van der Waals surface area contributed by atoms with Gasteiger partial charge in [0.05, 0.1) is 0 Å². The molecule has 0 saturated heterocycles. The van der Waals surface area contributed by atoms with Gasteiger partial charge in [0, 0.05) is 15.5 Å². The van der Waals surface area contributed by atoms with Crippen molar-refractivity contribution in [2.75, 3.05) is 0 Å². The number of hydrogen-bond donors (Lipinski definition) is 1. The van der Waals surface area contributed by atoms with E-state index < -0.39 is 0 Å². The number of halogens is 3. The van der Waals surface area contributed by atoms with Gasteiger partial charge >= 0.3 is 0 Å². The molecule has 0 saturated carbocycles. The molecule has 4 heteroatoms. The van der Waals surface area contributed by atoms with Gasteiger partial charge in [-0.05, 0) is 24.1 Å². The summed E-state index contributed by atoms with van der Waals surface area (Å²) in [5.74, 6) is 0. The van der Waals surface area contributed by atoms with Gasteiger partial charge in [-0.3, -0.25) is 0 Å². The van der Waals surface area contributed by atoms with Gasteiger partial charge in [-0.15, -0.1) is 12.4 Å². The van der Waals surface area contributed by atoms with E-state index >= 15 is 0 Å². The molecule has 0 bridgehead atoms. The highest BCUT2D eigenvalue weighted by Crippen LogP contribution is 2.27. The third-order valence-electron chi connectivity index (χ3n) is 1.96. The summed E-state index contributed by atoms with van der Waals surface area (Å²) in [5.41, 5.74) is 7.11. The molecule has 1 rings (SSSR count). The van der Waals surface area contributed by atoms with Crippen molar-refractivity contribution in [3.8, 4) is 0 Å². The summed E-state index contributed by atoms with van der Waals surface area (Å²) in [6, 6.07) is 5.84. The Morgan fingerprint density at radius 3 is 2.64 bits per heavy atom. The van der Waals surface area contributed by atoms with Crippen LogP contribution in [-0.2, 0) is 0 Å². The van der Waals surface area contributed by atoms with Gasteiger partial charge in [0.15, 0.2) is 0 Å². The van der Waals surface area contributed by atoms with Crippen LogP contribution in [0.15, 0.2) is 22.7 Å². The standard InChI is InChI=1S/C10H13BrClN.ClH/c1-2-3-10(13)8-5-4-7(12)6-9(8)11;/h4-6,10H,2-3,13H2,1H3;1H/t10-;/m0./s1. The van der Waals surface area contributed by atoms with Crippen molar-refractivity contribution in [2.24, 2.45) is 5.73 Å². The van der Waals surface area contributed by atoms with Crippen LogP contribution in [0.5, 0.6) is 0 Å². The van der Waals surface area contributed by atoms with Crippen molar-refractivity contribution < 1.29 is 0 Å². The average Bonchev–Trinajstić information content (AvgIpc) is 2.04. The lowest BCUT2D eigenvalue weighted by Gasteiger charge is -2.12. The number of rotatable bonds is 3. The average molecular weight is 299 g/mol. The topological polar surface area (TPSA) is 26.0 Å². The second-order valence-corrected chi connectivity index (χ2v) is 4.35. The van der Waals surface area contributed by atoms with E-state index in [1.807, 2.05) is 18.2 Å². The van der Waals surface area contributed by atoms with Crippen LogP contribution >= 0.6 is 39.9 Å². The van der Waals surface area contributed by atoms with E-state index in [-0.39, 0.29) is 18.4 Å². The Morgan fingerprint density at radius 2 is 2.14 bits per heavy atom. The van der Waals surface area contributed by atoms with E-state index in [4.69, 9.17) is 17.3 Å². The van der Waals surface area contributed by atoms with Gasteiger partial charge in [0.25, 0.3) is 0 Å². The van der Waals surface area contributed by atoms with Crippen LogP contribution in [-0.4, -0.2) is 0 Å². The molecule has 0 aromatic heterocycles. The molecule has 14 heavy (non-hydrogen) atoms. The fraction of sp³-hybridized carbons (Fsp3) is 0.400. The first-order chi connectivity index (χ1) is 6.15. The molecule has 1 aromatic carbocycles. The largest absolute Gasteiger partial charge is 0.324 e. The third-order valence-corrected chi connectivity index (χ3v) is 2.88. The molecule has 80 valence electrons. The van der Waals surface area contributed by atoms with E-state index in [9.17, 15) is 0 Å². The first-order valence-corrected chi connectivity index (χ1v) is 5.52. The van der Waals surface area contributed by atoms with Crippen LogP contribution in [0.3, 0.4) is 0 Å². The lowest BCUT2D eigenvalue weighted by atomic mass is 10.0. The minimum absolute atomic E-state index is 0. The summed E-state index contributed by atoms with van der Waals surface area (Å²) in [6.45, 7) is 2.13. The van der Waals surface area contributed by atoms with Crippen molar-refractivity contribution in [1.82, 2.24) is 0 Å². The first-order valence-electron chi connectivity index (χ1n) is 4.35. The van der Waals surface area contributed by atoms with Gasteiger partial charge in [-0.1, -0.05) is 46.9 Å². The molecule has 0 fully saturated rings. The van der Waals surface area contributed by atoms with E-state index in [0.29, 0.717) is 0 Å². The van der Waals surface area contributed by atoms with Crippen molar-refractivity contribution in [3.05, 3.63) is 33.3 Å². The van der Waals surface area contributed by atoms with E-state index in [1.165, 1.54) is 0 Å². The summed E-state index contributed by atoms with van der Waals surface area (Å²) >= 11 is 9.28. The van der Waals surface area contributed by atoms with Gasteiger partial charge in [0.2, 0.25) is 0 Å². The van der Waals surface area contributed by atoms with Crippen LogP contribution in [0.2, 0.25) is 5.02 Å². The summed E-state index contributed by atoms with van der Waals surface area (Å²) in [5, 5.41) is 0.735. The Kier molecular flexibility index (Phi) is 6.79. The monoisotopic (exact) mass is 297 g/mol. The quantitative estimate of drug-likeness (QED) is 0.883.